The number of nitrogens with one attached hydrogen (secondary N) is 1. The second kappa shape index (κ2) is 8.20. The molecule has 116 valence electrons. The van der Waals surface area contributed by atoms with E-state index in [1.165, 1.54) is 0 Å². The van der Waals surface area contributed by atoms with E-state index in [1.807, 2.05) is 42.5 Å². The van der Waals surface area contributed by atoms with Crippen LogP contribution >= 0.6 is 0 Å². The summed E-state index contributed by atoms with van der Waals surface area (Å²) in [6.45, 7) is 2.70. The Labute approximate surface area is 131 Å². The largest absolute Gasteiger partial charge is 0.481 e. The molecule has 0 saturated carbocycles. The van der Waals surface area contributed by atoms with Gasteiger partial charge in [0.2, 0.25) is 0 Å². The van der Waals surface area contributed by atoms with Gasteiger partial charge in [0.05, 0.1) is 6.61 Å². The standard InChI is InChI=1S/C18H21NO3/c1-14(18(20)19-12-13-21-2)22-17-10-8-16(9-11-17)15-6-4-3-5-7-15/h3-11,14H,12-13H2,1-2H3,(H,19,20)/t14-/m1/s1. The molecule has 2 aromatic carbocycles. The molecule has 0 saturated heterocycles. The molecule has 1 N–H and O–H groups in total. The molecule has 4 heteroatoms. The van der Waals surface area contributed by atoms with E-state index in [0.29, 0.717) is 18.9 Å². The van der Waals surface area contributed by atoms with E-state index < -0.39 is 6.10 Å². The maximum Gasteiger partial charge on any atom is 0.260 e. The van der Waals surface area contributed by atoms with Crippen LogP contribution < -0.4 is 10.1 Å². The summed E-state index contributed by atoms with van der Waals surface area (Å²) in [7, 11) is 1.60. The van der Waals surface area contributed by atoms with Crippen molar-refractivity contribution in [2.45, 2.75) is 13.0 Å². The molecular formula is C18H21NO3. The molecule has 2 rings (SSSR count). The van der Waals surface area contributed by atoms with Gasteiger partial charge >= 0.3 is 0 Å². The zero-order valence-electron chi connectivity index (χ0n) is 12.9. The number of carbonyl (C=O) groups excluding carboxylic acids is 1. The lowest BCUT2D eigenvalue weighted by Gasteiger charge is -2.15. The molecule has 0 aliphatic rings. The van der Waals surface area contributed by atoms with Crippen molar-refractivity contribution in [2.24, 2.45) is 0 Å². The highest BCUT2D eigenvalue weighted by atomic mass is 16.5. The minimum atomic E-state index is -0.542. The summed E-state index contributed by atoms with van der Waals surface area (Å²) in [6.07, 6.45) is -0.542. The Morgan fingerprint density at radius 1 is 1.05 bits per heavy atom. The first kappa shape index (κ1) is 16.0. The summed E-state index contributed by atoms with van der Waals surface area (Å²) in [5.41, 5.74) is 2.27. The maximum atomic E-state index is 11.8. The quantitative estimate of drug-likeness (QED) is 0.800. The Kier molecular flexibility index (Phi) is 5.98. The fourth-order valence-corrected chi connectivity index (χ4v) is 2.03. The van der Waals surface area contributed by atoms with Crippen LogP contribution in [0.2, 0.25) is 0 Å². The van der Waals surface area contributed by atoms with E-state index >= 15 is 0 Å². The van der Waals surface area contributed by atoms with Crippen molar-refractivity contribution in [1.29, 1.82) is 0 Å². The zero-order chi connectivity index (χ0) is 15.8. The normalized spacial score (nSPS) is 11.7. The van der Waals surface area contributed by atoms with Gasteiger partial charge in [-0.05, 0) is 30.2 Å². The molecule has 0 radical (unpaired) electrons. The van der Waals surface area contributed by atoms with Gasteiger partial charge in [-0.2, -0.15) is 0 Å². The Bertz CT molecular complexity index is 581. The fourth-order valence-electron chi connectivity index (χ4n) is 2.03. The third-order valence-corrected chi connectivity index (χ3v) is 3.25. The Morgan fingerprint density at radius 2 is 1.68 bits per heavy atom. The van der Waals surface area contributed by atoms with E-state index in [9.17, 15) is 4.79 Å². The monoisotopic (exact) mass is 299 g/mol. The predicted molar refractivity (Wildman–Crippen MR) is 86.9 cm³/mol. The first-order valence-electron chi connectivity index (χ1n) is 7.29. The van der Waals surface area contributed by atoms with Gasteiger partial charge in [0.25, 0.3) is 5.91 Å². The highest BCUT2D eigenvalue weighted by Gasteiger charge is 2.13. The topological polar surface area (TPSA) is 47.6 Å². The SMILES string of the molecule is COCCNC(=O)[C@@H](C)Oc1ccc(-c2ccccc2)cc1. The van der Waals surface area contributed by atoms with Crippen molar-refractivity contribution < 1.29 is 14.3 Å². The summed E-state index contributed by atoms with van der Waals surface area (Å²) in [6, 6.07) is 17.8. The van der Waals surface area contributed by atoms with Crippen LogP contribution in [0, 0.1) is 0 Å². The second-order valence-electron chi connectivity index (χ2n) is 4.93. The van der Waals surface area contributed by atoms with Gasteiger partial charge in [-0.3, -0.25) is 4.79 Å². The molecule has 4 nitrogen and oxygen atoms in total. The van der Waals surface area contributed by atoms with E-state index in [1.54, 1.807) is 14.0 Å². The number of hydrogen-bond acceptors (Lipinski definition) is 3. The molecule has 22 heavy (non-hydrogen) atoms. The number of ether oxygens (including phenoxy) is 2. The lowest BCUT2D eigenvalue weighted by atomic mass is 10.1. The molecule has 1 atom stereocenters. The van der Waals surface area contributed by atoms with Gasteiger partial charge in [0.15, 0.2) is 6.10 Å². The van der Waals surface area contributed by atoms with E-state index in [0.717, 1.165) is 11.1 Å². The van der Waals surface area contributed by atoms with Crippen LogP contribution in [0.5, 0.6) is 5.75 Å². The van der Waals surface area contributed by atoms with Gasteiger partial charge in [0.1, 0.15) is 5.75 Å². The molecule has 0 heterocycles. The van der Waals surface area contributed by atoms with Crippen molar-refractivity contribution in [3.63, 3.8) is 0 Å². The Balaban J connectivity index is 1.92. The van der Waals surface area contributed by atoms with Crippen LogP contribution in [-0.2, 0) is 9.53 Å². The summed E-state index contributed by atoms with van der Waals surface area (Å²) in [5.74, 6) is 0.526. The summed E-state index contributed by atoms with van der Waals surface area (Å²) in [5, 5.41) is 2.75. The second-order valence-corrected chi connectivity index (χ2v) is 4.93. The lowest BCUT2D eigenvalue weighted by molar-refractivity contribution is -0.127. The summed E-state index contributed by atoms with van der Waals surface area (Å²) in [4.78, 5) is 11.8. The number of methoxy groups -OCH3 is 1. The Morgan fingerprint density at radius 3 is 2.32 bits per heavy atom. The molecule has 0 fully saturated rings. The fraction of sp³-hybridized carbons (Fsp3) is 0.278. The van der Waals surface area contributed by atoms with Gasteiger partial charge in [-0.25, -0.2) is 0 Å². The highest BCUT2D eigenvalue weighted by Crippen LogP contribution is 2.22. The molecule has 1 amide bonds. The van der Waals surface area contributed by atoms with Crippen molar-refractivity contribution in [2.75, 3.05) is 20.3 Å². The number of hydrogen-bond donors (Lipinski definition) is 1. The molecule has 0 aromatic heterocycles. The minimum absolute atomic E-state index is 0.149. The van der Waals surface area contributed by atoms with Crippen molar-refractivity contribution in [3.8, 4) is 16.9 Å². The number of rotatable bonds is 7. The molecule has 0 aliphatic heterocycles. The molecule has 2 aromatic rings. The number of amides is 1. The lowest BCUT2D eigenvalue weighted by Crippen LogP contribution is -2.37. The summed E-state index contributed by atoms with van der Waals surface area (Å²) >= 11 is 0. The number of carbonyl (C=O) groups is 1. The van der Waals surface area contributed by atoms with E-state index in [2.05, 4.69) is 17.4 Å². The van der Waals surface area contributed by atoms with Crippen LogP contribution in [0.4, 0.5) is 0 Å². The van der Waals surface area contributed by atoms with Crippen molar-refractivity contribution in [3.05, 3.63) is 54.6 Å². The Hall–Kier alpha value is -2.33. The first-order chi connectivity index (χ1) is 10.7. The average Bonchev–Trinajstić information content (AvgIpc) is 2.56. The van der Waals surface area contributed by atoms with Gasteiger partial charge in [0, 0.05) is 13.7 Å². The van der Waals surface area contributed by atoms with Crippen LogP contribution in [0.25, 0.3) is 11.1 Å². The highest BCUT2D eigenvalue weighted by molar-refractivity contribution is 5.80. The maximum absolute atomic E-state index is 11.8. The van der Waals surface area contributed by atoms with Crippen LogP contribution in [0.1, 0.15) is 6.92 Å². The molecular weight excluding hydrogens is 278 g/mol. The summed E-state index contributed by atoms with van der Waals surface area (Å²) < 4.78 is 10.5. The van der Waals surface area contributed by atoms with Crippen LogP contribution in [-0.4, -0.2) is 32.3 Å². The van der Waals surface area contributed by atoms with Gasteiger partial charge < -0.3 is 14.8 Å². The molecule has 0 unspecified atom stereocenters. The van der Waals surface area contributed by atoms with Crippen molar-refractivity contribution in [1.82, 2.24) is 5.32 Å². The van der Waals surface area contributed by atoms with Crippen molar-refractivity contribution >= 4 is 5.91 Å². The van der Waals surface area contributed by atoms with E-state index in [4.69, 9.17) is 9.47 Å². The molecule has 0 aliphatic carbocycles. The third-order valence-electron chi connectivity index (χ3n) is 3.25. The van der Waals surface area contributed by atoms with Crippen LogP contribution in [0.15, 0.2) is 54.6 Å². The molecule has 0 spiro atoms. The minimum Gasteiger partial charge on any atom is -0.481 e. The van der Waals surface area contributed by atoms with E-state index in [-0.39, 0.29) is 5.91 Å². The average molecular weight is 299 g/mol. The number of benzene rings is 2. The first-order valence-corrected chi connectivity index (χ1v) is 7.29. The predicted octanol–water partition coefficient (Wildman–Crippen LogP) is 2.88. The molecule has 0 bridgehead atoms. The van der Waals surface area contributed by atoms with Crippen LogP contribution in [0.3, 0.4) is 0 Å². The third kappa shape index (κ3) is 4.60. The zero-order valence-corrected chi connectivity index (χ0v) is 12.9. The van der Waals surface area contributed by atoms with Gasteiger partial charge in [-0.1, -0.05) is 42.5 Å². The van der Waals surface area contributed by atoms with Gasteiger partial charge in [-0.15, -0.1) is 0 Å². The smallest absolute Gasteiger partial charge is 0.260 e.